The van der Waals surface area contributed by atoms with Crippen LogP contribution in [0.2, 0.25) is 6.32 Å². The summed E-state index contributed by atoms with van der Waals surface area (Å²) in [4.78, 5) is 2.45. The normalized spacial score (nSPS) is 20.2. The Hall–Kier alpha value is 0.0499. The van der Waals surface area contributed by atoms with Crippen LogP contribution in [0.3, 0.4) is 0 Å². The van der Waals surface area contributed by atoms with Crippen molar-refractivity contribution in [2.24, 2.45) is 5.41 Å². The number of morpholine rings is 1. The highest BCUT2D eigenvalue weighted by Gasteiger charge is 2.21. The maximum Gasteiger partial charge on any atom is 0.0594 e. The maximum atomic E-state index is 5.45. The molecule has 13 heavy (non-hydrogen) atoms. The molecule has 0 aromatic heterocycles. The zero-order valence-corrected chi connectivity index (χ0v) is 8.75. The molecule has 3 radical (unpaired) electrons. The maximum absolute atomic E-state index is 5.45. The predicted octanol–water partition coefficient (Wildman–Crippen LogP) is 0.551. The minimum Gasteiger partial charge on any atom is -0.379 e. The van der Waals surface area contributed by atoms with Gasteiger partial charge in [-0.2, -0.15) is 0 Å². The van der Waals surface area contributed by atoms with Crippen molar-refractivity contribution >= 4 is 14.9 Å². The molecule has 0 amide bonds. The summed E-state index contributed by atoms with van der Waals surface area (Å²) in [7, 11) is 7.22. The Bertz CT molecular complexity index is 147. The van der Waals surface area contributed by atoms with Gasteiger partial charge in [0.25, 0.3) is 0 Å². The van der Waals surface area contributed by atoms with Gasteiger partial charge in [-0.05, 0) is 5.41 Å². The fourth-order valence-electron chi connectivity index (χ4n) is 1.75. The van der Waals surface area contributed by atoms with E-state index in [1.165, 1.54) is 0 Å². The van der Waals surface area contributed by atoms with Crippen LogP contribution < -0.4 is 0 Å². The molecule has 1 fully saturated rings. The van der Waals surface area contributed by atoms with E-state index >= 15 is 0 Å². The summed E-state index contributed by atoms with van der Waals surface area (Å²) in [5.41, 5.74) is 0.298. The highest BCUT2D eigenvalue weighted by Crippen LogP contribution is 2.21. The summed E-state index contributed by atoms with van der Waals surface area (Å²) in [6.45, 7) is 9.51. The summed E-state index contributed by atoms with van der Waals surface area (Å²) in [5, 5.41) is 0. The quantitative estimate of drug-likeness (QED) is 0.582. The molecular weight excluding hydrogens is 160 g/mol. The molecular formula is C9H18B2NO. The summed E-state index contributed by atoms with van der Waals surface area (Å²) < 4.78 is 5.30. The number of hydrogen-bond acceptors (Lipinski definition) is 2. The monoisotopic (exact) mass is 178 g/mol. The molecule has 0 saturated carbocycles. The molecule has 4 heteroatoms. The Kier molecular flexibility index (Phi) is 4.33. The van der Waals surface area contributed by atoms with Gasteiger partial charge in [0.15, 0.2) is 0 Å². The van der Waals surface area contributed by atoms with Crippen molar-refractivity contribution in [2.75, 3.05) is 32.8 Å². The van der Waals surface area contributed by atoms with E-state index in [4.69, 9.17) is 12.5 Å². The Morgan fingerprint density at radius 3 is 2.54 bits per heavy atom. The first-order valence-electron chi connectivity index (χ1n) is 4.97. The fraction of sp³-hybridized carbons (Fsp3) is 1.00. The minimum atomic E-state index is 0.298. The fourth-order valence-corrected chi connectivity index (χ4v) is 1.75. The second-order valence-corrected chi connectivity index (χ2v) is 4.49. The smallest absolute Gasteiger partial charge is 0.0594 e. The van der Waals surface area contributed by atoms with Gasteiger partial charge in [0.2, 0.25) is 0 Å². The van der Waals surface area contributed by atoms with E-state index in [0.29, 0.717) is 5.41 Å². The topological polar surface area (TPSA) is 12.5 Å². The van der Waals surface area contributed by atoms with Crippen LogP contribution in [0, 0.1) is 5.41 Å². The van der Waals surface area contributed by atoms with E-state index in [9.17, 15) is 0 Å². The zero-order valence-electron chi connectivity index (χ0n) is 8.75. The molecule has 0 unspecified atom stereocenters. The van der Waals surface area contributed by atoms with Crippen LogP contribution in [0.1, 0.15) is 13.8 Å². The Morgan fingerprint density at radius 2 is 2.00 bits per heavy atom. The Morgan fingerprint density at radius 1 is 1.38 bits per heavy atom. The first kappa shape index (κ1) is 11.1. The van der Waals surface area contributed by atoms with Crippen molar-refractivity contribution in [2.45, 2.75) is 20.2 Å². The molecule has 1 aliphatic heterocycles. The zero-order chi connectivity index (χ0) is 9.73. The van der Waals surface area contributed by atoms with Gasteiger partial charge in [0.05, 0.1) is 20.4 Å². The molecule has 0 bridgehead atoms. The molecule has 1 heterocycles. The molecule has 0 aromatic rings. The number of nitrogens with zero attached hydrogens (tertiary/aromatic N) is 1. The number of rotatable bonds is 4. The van der Waals surface area contributed by atoms with Gasteiger partial charge in [0, 0.05) is 27.4 Å². The van der Waals surface area contributed by atoms with E-state index in [-0.39, 0.29) is 0 Å². The molecule has 1 aliphatic rings. The van der Waals surface area contributed by atoms with Gasteiger partial charge in [-0.15, -0.1) is 0 Å². The molecule has 0 N–H and O–H groups in total. The van der Waals surface area contributed by atoms with Crippen molar-refractivity contribution in [1.29, 1.82) is 0 Å². The van der Waals surface area contributed by atoms with Crippen LogP contribution in [0.4, 0.5) is 0 Å². The molecule has 0 aliphatic carbocycles. The lowest BCUT2D eigenvalue weighted by molar-refractivity contribution is 0.0237. The van der Waals surface area contributed by atoms with Crippen LogP contribution in [-0.2, 0) is 4.74 Å². The molecule has 2 nitrogen and oxygen atoms in total. The van der Waals surface area contributed by atoms with E-state index in [1.54, 1.807) is 7.17 Å². The number of hydrogen-bond donors (Lipinski definition) is 0. The first-order chi connectivity index (χ1) is 6.14. The summed E-state index contributed by atoms with van der Waals surface area (Å²) in [6.07, 6.45) is 0.977. The molecule has 71 valence electrons. The Labute approximate surface area is 83.6 Å². The first-order valence-corrected chi connectivity index (χ1v) is 4.97. The second-order valence-electron chi connectivity index (χ2n) is 4.49. The van der Waals surface area contributed by atoms with Gasteiger partial charge in [0.1, 0.15) is 0 Å². The molecule has 0 atom stereocenters. The SMILES string of the molecule is [B][B]CC(C)(C)CN1CCOCC1. The average Bonchev–Trinajstić information content (AvgIpc) is 2.04. The van der Waals surface area contributed by atoms with Crippen LogP contribution in [-0.4, -0.2) is 52.7 Å². The average molecular weight is 178 g/mol. The molecule has 1 rings (SSSR count). The lowest BCUT2D eigenvalue weighted by atomic mass is 9.49. The van der Waals surface area contributed by atoms with E-state index in [2.05, 4.69) is 18.7 Å². The van der Waals surface area contributed by atoms with Gasteiger partial charge < -0.3 is 4.74 Å². The lowest BCUT2D eigenvalue weighted by Gasteiger charge is -2.34. The Balaban J connectivity index is 2.28. The van der Waals surface area contributed by atoms with Gasteiger partial charge >= 0.3 is 0 Å². The highest BCUT2D eigenvalue weighted by atomic mass is 16.5. The van der Waals surface area contributed by atoms with Crippen LogP contribution in [0.5, 0.6) is 0 Å². The van der Waals surface area contributed by atoms with Gasteiger partial charge in [-0.3, -0.25) is 4.90 Å². The van der Waals surface area contributed by atoms with Crippen molar-refractivity contribution < 1.29 is 4.74 Å². The molecule has 1 saturated heterocycles. The predicted molar refractivity (Wildman–Crippen MR) is 57.4 cm³/mol. The summed E-state index contributed by atoms with van der Waals surface area (Å²) in [6, 6.07) is 0. The minimum absolute atomic E-state index is 0.298. The lowest BCUT2D eigenvalue weighted by Crippen LogP contribution is -2.42. The van der Waals surface area contributed by atoms with Crippen LogP contribution in [0.25, 0.3) is 0 Å². The van der Waals surface area contributed by atoms with Gasteiger partial charge in [-0.1, -0.05) is 20.2 Å². The van der Waals surface area contributed by atoms with Crippen molar-refractivity contribution in [3.8, 4) is 0 Å². The van der Waals surface area contributed by atoms with E-state index in [0.717, 1.165) is 39.2 Å². The van der Waals surface area contributed by atoms with Crippen molar-refractivity contribution in [1.82, 2.24) is 4.90 Å². The third-order valence-corrected chi connectivity index (χ3v) is 2.43. The third kappa shape index (κ3) is 4.19. The van der Waals surface area contributed by atoms with E-state index < -0.39 is 0 Å². The van der Waals surface area contributed by atoms with Crippen LogP contribution >= 0.6 is 0 Å². The van der Waals surface area contributed by atoms with Crippen molar-refractivity contribution in [3.63, 3.8) is 0 Å². The standard InChI is InChI=1S/C9H18B2NO/c1-9(2,7-11-10)8-12-3-5-13-6-4-12/h3-8H2,1-2H3. The third-order valence-electron chi connectivity index (χ3n) is 2.43. The summed E-state index contributed by atoms with van der Waals surface area (Å²) in [5.74, 6) is 0. The second kappa shape index (κ2) is 5.06. The number of ether oxygens (including phenoxy) is 1. The summed E-state index contributed by atoms with van der Waals surface area (Å²) >= 11 is 0. The molecule has 0 spiro atoms. The highest BCUT2D eigenvalue weighted by molar-refractivity contribution is 6.89. The van der Waals surface area contributed by atoms with Gasteiger partial charge in [-0.25, -0.2) is 0 Å². The molecule has 0 aromatic carbocycles. The van der Waals surface area contributed by atoms with E-state index in [1.807, 2.05) is 0 Å². The van der Waals surface area contributed by atoms with Crippen molar-refractivity contribution in [3.05, 3.63) is 0 Å². The van der Waals surface area contributed by atoms with Crippen LogP contribution in [0.15, 0.2) is 0 Å². The largest absolute Gasteiger partial charge is 0.379 e.